The van der Waals surface area contributed by atoms with Gasteiger partial charge in [0.05, 0.1) is 46.7 Å². The molecular weight excluding hydrogens is 470 g/mol. The molecule has 0 bridgehead atoms. The predicted octanol–water partition coefficient (Wildman–Crippen LogP) is 6.40. The van der Waals surface area contributed by atoms with Crippen molar-refractivity contribution in [1.29, 1.82) is 0 Å². The lowest BCUT2D eigenvalue weighted by Crippen LogP contribution is -2.29. The van der Waals surface area contributed by atoms with Crippen LogP contribution < -0.4 is 10.2 Å². The zero-order valence-corrected chi connectivity index (χ0v) is 22.3. The van der Waals surface area contributed by atoms with Crippen molar-refractivity contribution < 1.29 is 0 Å². The summed E-state index contributed by atoms with van der Waals surface area (Å²) in [5.74, 6) is 0.709. The first kappa shape index (κ1) is 24.6. The maximum absolute atomic E-state index is 4.78. The molecule has 0 radical (unpaired) electrons. The molecule has 0 aromatic carbocycles. The fraction of sp³-hybridized carbons (Fsp3) is 0.387. The summed E-state index contributed by atoms with van der Waals surface area (Å²) in [6, 6.07) is 4.38. The molecule has 2 aliphatic heterocycles. The van der Waals surface area contributed by atoms with Gasteiger partial charge in [0.15, 0.2) is 0 Å². The number of H-pyrrole nitrogens is 2. The second-order valence-corrected chi connectivity index (χ2v) is 10.6. The lowest BCUT2D eigenvalue weighted by Gasteiger charge is -2.28. The molecular formula is C31H37N7. The number of hydrogen-bond acceptors (Lipinski definition) is 5. The molecule has 6 rings (SSSR count). The molecule has 38 heavy (non-hydrogen) atoms. The minimum atomic E-state index is 0.709. The van der Waals surface area contributed by atoms with Crippen molar-refractivity contribution >= 4 is 33.1 Å². The van der Waals surface area contributed by atoms with Crippen LogP contribution in [0.15, 0.2) is 61.1 Å². The van der Waals surface area contributed by atoms with Crippen molar-refractivity contribution in [2.24, 2.45) is 5.92 Å². The molecule has 3 N–H and O–H groups in total. The number of nitrogens with zero attached hydrogens (tertiary/aromatic N) is 4. The predicted molar refractivity (Wildman–Crippen MR) is 157 cm³/mol. The Morgan fingerprint density at radius 2 is 1.89 bits per heavy atom. The first-order chi connectivity index (χ1) is 18.7. The van der Waals surface area contributed by atoms with E-state index in [1.165, 1.54) is 48.8 Å². The number of aromatic nitrogens is 5. The van der Waals surface area contributed by atoms with Crippen molar-refractivity contribution in [2.45, 2.75) is 45.4 Å². The van der Waals surface area contributed by atoms with Gasteiger partial charge in [0.25, 0.3) is 0 Å². The van der Waals surface area contributed by atoms with Gasteiger partial charge in [0.2, 0.25) is 0 Å². The summed E-state index contributed by atoms with van der Waals surface area (Å²) in [6.07, 6.45) is 19.5. The molecule has 0 unspecified atom stereocenters. The summed E-state index contributed by atoms with van der Waals surface area (Å²) in [5.41, 5.74) is 8.39. The Morgan fingerprint density at radius 3 is 2.68 bits per heavy atom. The number of fused-ring (bicyclic) bond motifs is 2. The Kier molecular flexibility index (Phi) is 7.10. The number of rotatable bonds is 7. The molecule has 0 spiro atoms. The Bertz CT molecular complexity index is 1490. The number of aromatic amines is 2. The van der Waals surface area contributed by atoms with Gasteiger partial charge >= 0.3 is 0 Å². The number of nitrogens with one attached hydrogen (secondary N) is 3. The lowest BCUT2D eigenvalue weighted by molar-refractivity contribution is 0.374. The molecule has 2 aliphatic rings. The first-order valence-electron chi connectivity index (χ1n) is 14.0. The van der Waals surface area contributed by atoms with E-state index in [-0.39, 0.29) is 0 Å². The molecule has 6 heterocycles. The fourth-order valence-electron chi connectivity index (χ4n) is 5.96. The van der Waals surface area contributed by atoms with E-state index >= 15 is 0 Å². The highest BCUT2D eigenvalue weighted by atomic mass is 15.1. The van der Waals surface area contributed by atoms with Crippen LogP contribution in [-0.4, -0.2) is 51.3 Å². The summed E-state index contributed by atoms with van der Waals surface area (Å²) in [7, 11) is 0. The minimum absolute atomic E-state index is 0.709. The number of allylic oxidation sites excluding steroid dienone is 5. The lowest BCUT2D eigenvalue weighted by atomic mass is 9.90. The van der Waals surface area contributed by atoms with Gasteiger partial charge in [-0.2, -0.15) is 5.10 Å². The Balaban J connectivity index is 1.33. The van der Waals surface area contributed by atoms with Crippen LogP contribution in [0, 0.1) is 5.92 Å². The summed E-state index contributed by atoms with van der Waals surface area (Å²) < 4.78 is 0. The summed E-state index contributed by atoms with van der Waals surface area (Å²) in [6.45, 7) is 10.6. The molecule has 0 saturated carbocycles. The van der Waals surface area contributed by atoms with Crippen molar-refractivity contribution in [3.8, 4) is 11.4 Å². The molecule has 0 atom stereocenters. The van der Waals surface area contributed by atoms with Crippen molar-refractivity contribution in [1.82, 2.24) is 30.5 Å². The van der Waals surface area contributed by atoms with Crippen LogP contribution in [0.3, 0.4) is 0 Å². The van der Waals surface area contributed by atoms with Gasteiger partial charge in [-0.15, -0.1) is 0 Å². The molecule has 0 amide bonds. The third kappa shape index (κ3) is 4.90. The monoisotopic (exact) mass is 507 g/mol. The van der Waals surface area contributed by atoms with E-state index < -0.39 is 0 Å². The van der Waals surface area contributed by atoms with Crippen molar-refractivity contribution in [2.75, 3.05) is 31.1 Å². The number of hydrogen-bond donors (Lipinski definition) is 3. The van der Waals surface area contributed by atoms with Gasteiger partial charge in [-0.05, 0) is 93.8 Å². The Morgan fingerprint density at radius 1 is 1.05 bits per heavy atom. The molecule has 2 saturated heterocycles. The molecule has 4 aromatic rings. The van der Waals surface area contributed by atoms with E-state index in [9.17, 15) is 0 Å². The van der Waals surface area contributed by atoms with E-state index in [0.717, 1.165) is 71.7 Å². The van der Waals surface area contributed by atoms with E-state index in [2.05, 4.69) is 63.1 Å². The van der Waals surface area contributed by atoms with E-state index in [4.69, 9.17) is 10.1 Å². The Hall–Kier alpha value is -3.71. The van der Waals surface area contributed by atoms with Crippen molar-refractivity contribution in [3.05, 3.63) is 66.8 Å². The normalized spacial score (nSPS) is 18.0. The zero-order chi connectivity index (χ0) is 25.9. The largest absolute Gasteiger partial charge is 0.370 e. The molecule has 7 heteroatoms. The van der Waals surface area contributed by atoms with E-state index in [1.807, 2.05) is 24.7 Å². The second-order valence-electron chi connectivity index (χ2n) is 10.6. The molecule has 4 aromatic heterocycles. The van der Waals surface area contributed by atoms with Crippen LogP contribution in [0.2, 0.25) is 0 Å². The number of anilines is 1. The topological polar surface area (TPSA) is 85.5 Å². The second kappa shape index (κ2) is 11.0. The summed E-state index contributed by atoms with van der Waals surface area (Å²) in [4.78, 5) is 15.4. The van der Waals surface area contributed by atoms with Gasteiger partial charge in [-0.3, -0.25) is 15.1 Å². The quantitative estimate of drug-likeness (QED) is 0.252. The fourth-order valence-corrected chi connectivity index (χ4v) is 5.96. The molecule has 2 fully saturated rings. The van der Waals surface area contributed by atoms with Crippen molar-refractivity contribution in [3.63, 3.8) is 0 Å². The number of piperidine rings is 2. The van der Waals surface area contributed by atoms with E-state index in [0.29, 0.717) is 5.92 Å². The maximum Gasteiger partial charge on any atom is 0.116 e. The van der Waals surface area contributed by atoms with Gasteiger partial charge in [-0.1, -0.05) is 18.7 Å². The van der Waals surface area contributed by atoms with Crippen LogP contribution in [0.1, 0.15) is 51.1 Å². The highest BCUT2D eigenvalue weighted by Crippen LogP contribution is 2.34. The van der Waals surface area contributed by atoms with Crippen LogP contribution >= 0.6 is 0 Å². The SMILES string of the molecule is C=C/C(=C\C(=C/C)c1cc2c(-c3cc4c(N5CCCCC5)cncc4[nH]3)n[nH]c2cn1)CC1CCNCC1. The molecule has 0 aliphatic carbocycles. The smallest absolute Gasteiger partial charge is 0.116 e. The van der Waals surface area contributed by atoms with Crippen LogP contribution in [0.5, 0.6) is 0 Å². The average molecular weight is 508 g/mol. The first-order valence-corrected chi connectivity index (χ1v) is 14.0. The van der Waals surface area contributed by atoms with Gasteiger partial charge in [0, 0.05) is 23.9 Å². The Labute approximate surface area is 224 Å². The highest BCUT2D eigenvalue weighted by molar-refractivity contribution is 6.00. The standard InChI is InChI=1S/C31H37N7/c1-3-21(14-22-8-10-32-11-9-22)15-23(4-2)26-17-25-29(19-34-26)36-37-31(25)27-16-24-28(35-27)18-33-20-30(24)38-12-6-5-7-13-38/h3-4,15-20,22,32,35H,1,5-14H2,2H3,(H,36,37)/b21-15+,23-4+. The van der Waals surface area contributed by atoms with Gasteiger partial charge in [-0.25, -0.2) is 0 Å². The average Bonchev–Trinajstić information content (AvgIpc) is 3.60. The molecule has 196 valence electrons. The third-order valence-electron chi connectivity index (χ3n) is 8.12. The maximum atomic E-state index is 4.78. The van der Waals surface area contributed by atoms with Crippen LogP contribution in [-0.2, 0) is 0 Å². The highest BCUT2D eigenvalue weighted by Gasteiger charge is 2.19. The van der Waals surface area contributed by atoms with Gasteiger partial charge in [0.1, 0.15) is 5.69 Å². The molecule has 7 nitrogen and oxygen atoms in total. The van der Waals surface area contributed by atoms with E-state index in [1.54, 1.807) is 0 Å². The van der Waals surface area contributed by atoms with Crippen LogP contribution in [0.25, 0.3) is 38.8 Å². The van der Waals surface area contributed by atoms with Gasteiger partial charge < -0.3 is 15.2 Å². The minimum Gasteiger partial charge on any atom is -0.370 e. The summed E-state index contributed by atoms with van der Waals surface area (Å²) >= 11 is 0. The third-order valence-corrected chi connectivity index (χ3v) is 8.12. The van der Waals surface area contributed by atoms with Crippen LogP contribution in [0.4, 0.5) is 5.69 Å². The number of pyridine rings is 2. The zero-order valence-electron chi connectivity index (χ0n) is 22.3. The summed E-state index contributed by atoms with van der Waals surface area (Å²) in [5, 5.41) is 13.6.